The van der Waals surface area contributed by atoms with Gasteiger partial charge in [0.1, 0.15) is 0 Å². The summed E-state index contributed by atoms with van der Waals surface area (Å²) in [6, 6.07) is 5.61. The number of aromatic nitrogens is 1. The number of thioether (sulfide) groups is 1. The lowest BCUT2D eigenvalue weighted by molar-refractivity contribution is -0.145. The van der Waals surface area contributed by atoms with Gasteiger partial charge in [0.25, 0.3) is 0 Å². The Bertz CT molecular complexity index is 311. The topological polar surface area (TPSA) is 50.2 Å². The highest BCUT2D eigenvalue weighted by Gasteiger charge is 2.27. The van der Waals surface area contributed by atoms with Gasteiger partial charge in [0.05, 0.1) is 10.4 Å². The number of carboxylic acids is 1. The third-order valence-electron chi connectivity index (χ3n) is 1.80. The van der Waals surface area contributed by atoms with Crippen LogP contribution in [0.4, 0.5) is 0 Å². The lowest BCUT2D eigenvalue weighted by Crippen LogP contribution is -2.26. The summed E-state index contributed by atoms with van der Waals surface area (Å²) in [6.07, 6.45) is 1.70. The number of nitrogens with zero attached hydrogens (tertiary/aromatic N) is 1. The van der Waals surface area contributed by atoms with Gasteiger partial charge < -0.3 is 5.11 Å². The highest BCUT2D eigenvalue weighted by atomic mass is 32.2. The maximum atomic E-state index is 10.8. The molecule has 1 rings (SSSR count). The summed E-state index contributed by atoms with van der Waals surface area (Å²) in [7, 11) is 0. The smallest absolute Gasteiger partial charge is 0.309 e. The Morgan fingerprint density at radius 3 is 2.79 bits per heavy atom. The lowest BCUT2D eigenvalue weighted by Gasteiger charge is -2.17. The molecule has 0 saturated heterocycles. The van der Waals surface area contributed by atoms with Gasteiger partial charge in [-0.25, -0.2) is 4.98 Å². The van der Waals surface area contributed by atoms with Crippen LogP contribution in [0.1, 0.15) is 13.8 Å². The molecule has 0 amide bonds. The van der Waals surface area contributed by atoms with Crippen LogP contribution in [0, 0.1) is 5.41 Å². The highest BCUT2D eigenvalue weighted by molar-refractivity contribution is 7.99. The van der Waals surface area contributed by atoms with E-state index < -0.39 is 11.4 Å². The number of rotatable bonds is 4. The molecule has 0 spiro atoms. The van der Waals surface area contributed by atoms with Crippen molar-refractivity contribution < 1.29 is 9.90 Å². The highest BCUT2D eigenvalue weighted by Crippen LogP contribution is 2.26. The Hall–Kier alpha value is -1.03. The molecule has 4 heteroatoms. The predicted octanol–water partition coefficient (Wildman–Crippen LogP) is 2.28. The van der Waals surface area contributed by atoms with Crippen molar-refractivity contribution in [1.82, 2.24) is 4.98 Å². The van der Waals surface area contributed by atoms with Crippen molar-refractivity contribution in [3.05, 3.63) is 24.4 Å². The Balaban J connectivity index is 2.53. The van der Waals surface area contributed by atoms with E-state index in [1.807, 2.05) is 18.2 Å². The van der Waals surface area contributed by atoms with Crippen molar-refractivity contribution in [3.63, 3.8) is 0 Å². The zero-order chi connectivity index (χ0) is 10.6. The molecule has 1 aromatic heterocycles. The van der Waals surface area contributed by atoms with Gasteiger partial charge in [0.15, 0.2) is 0 Å². The summed E-state index contributed by atoms with van der Waals surface area (Å²) in [5, 5.41) is 9.75. The van der Waals surface area contributed by atoms with Crippen molar-refractivity contribution in [3.8, 4) is 0 Å². The minimum Gasteiger partial charge on any atom is -0.481 e. The predicted molar refractivity (Wildman–Crippen MR) is 56.4 cm³/mol. The van der Waals surface area contributed by atoms with Crippen molar-refractivity contribution in [2.24, 2.45) is 5.41 Å². The van der Waals surface area contributed by atoms with E-state index in [1.54, 1.807) is 20.0 Å². The number of carbonyl (C=O) groups is 1. The summed E-state index contributed by atoms with van der Waals surface area (Å²) in [6.45, 7) is 3.43. The van der Waals surface area contributed by atoms with E-state index in [-0.39, 0.29) is 0 Å². The van der Waals surface area contributed by atoms with Crippen molar-refractivity contribution >= 4 is 17.7 Å². The zero-order valence-corrected chi connectivity index (χ0v) is 9.04. The van der Waals surface area contributed by atoms with Gasteiger partial charge in [-0.05, 0) is 26.0 Å². The average Bonchev–Trinajstić information content (AvgIpc) is 2.16. The van der Waals surface area contributed by atoms with Crippen LogP contribution in [-0.2, 0) is 4.79 Å². The van der Waals surface area contributed by atoms with Gasteiger partial charge in [-0.3, -0.25) is 4.79 Å². The molecule has 0 aliphatic heterocycles. The minimum atomic E-state index is -0.777. The van der Waals surface area contributed by atoms with Crippen molar-refractivity contribution in [2.75, 3.05) is 5.75 Å². The lowest BCUT2D eigenvalue weighted by atomic mass is 9.97. The molecule has 76 valence electrons. The van der Waals surface area contributed by atoms with Crippen LogP contribution >= 0.6 is 11.8 Å². The first kappa shape index (κ1) is 11.0. The first-order chi connectivity index (χ1) is 6.52. The van der Waals surface area contributed by atoms with Gasteiger partial charge in [-0.1, -0.05) is 6.07 Å². The van der Waals surface area contributed by atoms with Crippen LogP contribution in [0.25, 0.3) is 0 Å². The molecule has 0 aliphatic carbocycles. The molecule has 0 aromatic carbocycles. The minimum absolute atomic E-state index is 0.527. The molecule has 3 nitrogen and oxygen atoms in total. The third-order valence-corrected chi connectivity index (χ3v) is 3.20. The van der Waals surface area contributed by atoms with Crippen LogP contribution in [0.5, 0.6) is 0 Å². The molecule has 0 fully saturated rings. The average molecular weight is 211 g/mol. The Labute approximate surface area is 87.6 Å². The van der Waals surface area contributed by atoms with Gasteiger partial charge in [-0.15, -0.1) is 11.8 Å². The number of hydrogen-bond donors (Lipinski definition) is 1. The summed E-state index contributed by atoms with van der Waals surface area (Å²) in [5.74, 6) is -0.250. The van der Waals surface area contributed by atoms with Crippen LogP contribution < -0.4 is 0 Å². The van der Waals surface area contributed by atoms with Gasteiger partial charge in [0.2, 0.25) is 0 Å². The molecule has 0 bridgehead atoms. The molecule has 1 heterocycles. The van der Waals surface area contributed by atoms with Crippen molar-refractivity contribution in [1.29, 1.82) is 0 Å². The fraction of sp³-hybridized carbons (Fsp3) is 0.400. The van der Waals surface area contributed by atoms with Gasteiger partial charge >= 0.3 is 5.97 Å². The fourth-order valence-electron chi connectivity index (χ4n) is 0.749. The first-order valence-corrected chi connectivity index (χ1v) is 5.28. The molecule has 1 N–H and O–H groups in total. The summed E-state index contributed by atoms with van der Waals surface area (Å²) in [5.41, 5.74) is -0.706. The van der Waals surface area contributed by atoms with Crippen LogP contribution in [0.2, 0.25) is 0 Å². The molecule has 0 atom stereocenters. The number of pyridine rings is 1. The molecule has 14 heavy (non-hydrogen) atoms. The summed E-state index contributed by atoms with van der Waals surface area (Å²) >= 11 is 1.46. The Morgan fingerprint density at radius 1 is 1.57 bits per heavy atom. The fourth-order valence-corrected chi connectivity index (χ4v) is 1.69. The molecule has 0 unspecified atom stereocenters. The van der Waals surface area contributed by atoms with E-state index in [2.05, 4.69) is 4.98 Å². The second-order valence-corrected chi connectivity index (χ2v) is 4.64. The third kappa shape index (κ3) is 3.03. The maximum Gasteiger partial charge on any atom is 0.309 e. The van der Waals surface area contributed by atoms with Crippen LogP contribution in [0.15, 0.2) is 29.4 Å². The molecule has 0 radical (unpaired) electrons. The molecule has 0 aliphatic rings. The summed E-state index contributed by atoms with van der Waals surface area (Å²) in [4.78, 5) is 14.9. The number of aliphatic carboxylic acids is 1. The van der Waals surface area contributed by atoms with Crippen LogP contribution in [0.3, 0.4) is 0 Å². The maximum absolute atomic E-state index is 10.8. The molecule has 1 aromatic rings. The SMILES string of the molecule is CC(C)(CSc1ccccn1)C(=O)O. The first-order valence-electron chi connectivity index (χ1n) is 4.29. The van der Waals surface area contributed by atoms with Gasteiger partial charge in [-0.2, -0.15) is 0 Å². The van der Waals surface area contributed by atoms with Crippen LogP contribution in [-0.4, -0.2) is 21.8 Å². The van der Waals surface area contributed by atoms with E-state index in [0.717, 1.165) is 5.03 Å². The second-order valence-electron chi connectivity index (χ2n) is 3.65. The van der Waals surface area contributed by atoms with E-state index in [4.69, 9.17) is 5.11 Å². The van der Waals surface area contributed by atoms with E-state index in [0.29, 0.717) is 5.75 Å². The Kier molecular flexibility index (Phi) is 3.52. The van der Waals surface area contributed by atoms with E-state index >= 15 is 0 Å². The molecular formula is C10H13NO2S. The quantitative estimate of drug-likeness (QED) is 0.776. The second kappa shape index (κ2) is 4.46. The Morgan fingerprint density at radius 2 is 2.29 bits per heavy atom. The van der Waals surface area contributed by atoms with E-state index in [1.165, 1.54) is 11.8 Å². The van der Waals surface area contributed by atoms with Crippen molar-refractivity contribution in [2.45, 2.75) is 18.9 Å². The summed E-state index contributed by atoms with van der Waals surface area (Å²) < 4.78 is 0. The van der Waals surface area contributed by atoms with Gasteiger partial charge in [0, 0.05) is 11.9 Å². The largest absolute Gasteiger partial charge is 0.481 e. The van der Waals surface area contributed by atoms with E-state index in [9.17, 15) is 4.79 Å². The molecular weight excluding hydrogens is 198 g/mol. The normalized spacial score (nSPS) is 11.3. The zero-order valence-electron chi connectivity index (χ0n) is 8.23. The molecule has 0 saturated carbocycles. The number of hydrogen-bond acceptors (Lipinski definition) is 3. The monoisotopic (exact) mass is 211 g/mol. The number of carboxylic acid groups (broad SMARTS) is 1. The standard InChI is InChI=1S/C10H13NO2S/c1-10(2,9(12)13)7-14-8-5-3-4-6-11-8/h3-6H,7H2,1-2H3,(H,12,13).